The maximum Gasteiger partial charge on any atom is 0.266 e. The summed E-state index contributed by atoms with van der Waals surface area (Å²) in [5.74, 6) is 0.508. The van der Waals surface area contributed by atoms with E-state index in [0.29, 0.717) is 30.2 Å². The molecule has 1 amide bonds. The van der Waals surface area contributed by atoms with Crippen molar-refractivity contribution in [3.63, 3.8) is 0 Å². The monoisotopic (exact) mass is 396 g/mol. The van der Waals surface area contributed by atoms with Gasteiger partial charge in [-0.15, -0.1) is 0 Å². The van der Waals surface area contributed by atoms with Crippen molar-refractivity contribution in [2.24, 2.45) is 0 Å². The highest BCUT2D eigenvalue weighted by Gasteiger charge is 2.21. The van der Waals surface area contributed by atoms with Gasteiger partial charge in [0.1, 0.15) is 17.4 Å². The SMILES string of the molecule is O=C(NCCn1nc(-c2ccco2)ccc1=O)c1cccnc1O[C@@H]1CCOC1. The van der Waals surface area contributed by atoms with Gasteiger partial charge in [-0.1, -0.05) is 0 Å². The lowest BCUT2D eigenvalue weighted by molar-refractivity contribution is 0.0938. The van der Waals surface area contributed by atoms with Crippen LogP contribution in [0, 0.1) is 0 Å². The number of hydrogen-bond acceptors (Lipinski definition) is 7. The predicted molar refractivity (Wildman–Crippen MR) is 103 cm³/mol. The third kappa shape index (κ3) is 4.52. The highest BCUT2D eigenvalue weighted by Crippen LogP contribution is 2.19. The van der Waals surface area contributed by atoms with Gasteiger partial charge in [0.15, 0.2) is 5.76 Å². The summed E-state index contributed by atoms with van der Waals surface area (Å²) in [7, 11) is 0. The Balaban J connectivity index is 1.39. The van der Waals surface area contributed by atoms with E-state index in [1.54, 1.807) is 36.5 Å². The number of pyridine rings is 1. The minimum absolute atomic E-state index is 0.108. The molecule has 0 unspecified atom stereocenters. The van der Waals surface area contributed by atoms with Crippen LogP contribution < -0.4 is 15.6 Å². The Hall–Kier alpha value is -3.46. The molecule has 1 aliphatic rings. The van der Waals surface area contributed by atoms with Gasteiger partial charge in [-0.25, -0.2) is 9.67 Å². The van der Waals surface area contributed by atoms with E-state index in [-0.39, 0.29) is 36.5 Å². The second-order valence-electron chi connectivity index (χ2n) is 6.47. The average Bonchev–Trinajstić information content (AvgIpc) is 3.44. The third-order valence-electron chi connectivity index (χ3n) is 4.43. The molecule has 1 aliphatic heterocycles. The second-order valence-corrected chi connectivity index (χ2v) is 6.47. The standard InChI is InChI=1S/C20H20N4O5/c25-18-6-5-16(17-4-2-11-28-17)23-24(18)10-9-21-19(26)15-3-1-8-22-20(15)29-14-7-12-27-13-14/h1-6,8,11,14H,7,9-10,12-13H2,(H,21,26)/t14-/m1/s1. The summed E-state index contributed by atoms with van der Waals surface area (Å²) in [6.07, 6.45) is 3.77. The van der Waals surface area contributed by atoms with Crippen LogP contribution in [-0.4, -0.2) is 46.5 Å². The van der Waals surface area contributed by atoms with Crippen LogP contribution in [0.3, 0.4) is 0 Å². The highest BCUT2D eigenvalue weighted by atomic mass is 16.5. The first-order valence-electron chi connectivity index (χ1n) is 9.30. The first kappa shape index (κ1) is 18.9. The smallest absolute Gasteiger partial charge is 0.266 e. The normalized spacial score (nSPS) is 15.9. The Morgan fingerprint density at radius 1 is 1.28 bits per heavy atom. The molecule has 0 aliphatic carbocycles. The quantitative estimate of drug-likeness (QED) is 0.645. The summed E-state index contributed by atoms with van der Waals surface area (Å²) in [5, 5.41) is 7.06. The van der Waals surface area contributed by atoms with Crippen molar-refractivity contribution in [2.45, 2.75) is 19.1 Å². The molecule has 4 rings (SSSR count). The maximum atomic E-state index is 12.6. The van der Waals surface area contributed by atoms with Crippen molar-refractivity contribution in [1.29, 1.82) is 0 Å². The van der Waals surface area contributed by atoms with Gasteiger partial charge in [-0.3, -0.25) is 9.59 Å². The highest BCUT2D eigenvalue weighted by molar-refractivity contribution is 5.96. The van der Waals surface area contributed by atoms with Gasteiger partial charge in [-0.05, 0) is 30.3 Å². The topological polar surface area (TPSA) is 108 Å². The summed E-state index contributed by atoms with van der Waals surface area (Å²) >= 11 is 0. The molecule has 0 saturated carbocycles. The number of carbonyl (C=O) groups excluding carboxylic acids is 1. The zero-order valence-corrected chi connectivity index (χ0v) is 15.6. The lowest BCUT2D eigenvalue weighted by Gasteiger charge is -2.14. The Bertz CT molecular complexity index is 1030. The van der Waals surface area contributed by atoms with Crippen molar-refractivity contribution >= 4 is 5.91 Å². The van der Waals surface area contributed by atoms with Crippen LogP contribution in [0.2, 0.25) is 0 Å². The van der Waals surface area contributed by atoms with Crippen LogP contribution in [-0.2, 0) is 11.3 Å². The fourth-order valence-electron chi connectivity index (χ4n) is 2.96. The van der Waals surface area contributed by atoms with Crippen molar-refractivity contribution < 1.29 is 18.7 Å². The van der Waals surface area contributed by atoms with E-state index in [1.165, 1.54) is 17.0 Å². The molecule has 150 valence electrons. The largest absolute Gasteiger partial charge is 0.471 e. The van der Waals surface area contributed by atoms with E-state index >= 15 is 0 Å². The first-order chi connectivity index (χ1) is 14.2. The molecule has 3 aromatic rings. The minimum atomic E-state index is -0.331. The molecule has 1 fully saturated rings. The zero-order chi connectivity index (χ0) is 20.1. The lowest BCUT2D eigenvalue weighted by atomic mass is 10.2. The maximum absolute atomic E-state index is 12.6. The van der Waals surface area contributed by atoms with Crippen molar-refractivity contribution in [3.05, 3.63) is 64.8 Å². The van der Waals surface area contributed by atoms with Crippen LogP contribution in [0.4, 0.5) is 0 Å². The third-order valence-corrected chi connectivity index (χ3v) is 4.43. The summed E-state index contributed by atoms with van der Waals surface area (Å²) < 4.78 is 17.7. The number of carbonyl (C=O) groups is 1. The van der Waals surface area contributed by atoms with Crippen LogP contribution in [0.5, 0.6) is 5.88 Å². The molecular formula is C20H20N4O5. The van der Waals surface area contributed by atoms with Gasteiger partial charge in [-0.2, -0.15) is 5.10 Å². The first-order valence-corrected chi connectivity index (χ1v) is 9.30. The molecule has 9 heteroatoms. The van der Waals surface area contributed by atoms with Crippen LogP contribution in [0.25, 0.3) is 11.5 Å². The summed E-state index contributed by atoms with van der Waals surface area (Å²) in [6.45, 7) is 1.55. The van der Waals surface area contributed by atoms with E-state index in [1.807, 2.05) is 0 Å². The average molecular weight is 396 g/mol. The fraction of sp³-hybridized carbons (Fsp3) is 0.300. The molecule has 0 bridgehead atoms. The Morgan fingerprint density at radius 2 is 2.21 bits per heavy atom. The molecule has 0 aromatic carbocycles. The Morgan fingerprint density at radius 3 is 3.00 bits per heavy atom. The molecule has 1 saturated heterocycles. The number of furan rings is 1. The number of rotatable bonds is 7. The van der Waals surface area contributed by atoms with Gasteiger partial charge in [0.25, 0.3) is 11.5 Å². The molecule has 0 radical (unpaired) electrons. The van der Waals surface area contributed by atoms with E-state index < -0.39 is 0 Å². The molecule has 1 N–H and O–H groups in total. The van der Waals surface area contributed by atoms with Gasteiger partial charge in [0.05, 0.1) is 26.0 Å². The Kier molecular flexibility index (Phi) is 5.66. The van der Waals surface area contributed by atoms with Gasteiger partial charge in [0.2, 0.25) is 5.88 Å². The number of nitrogens with zero attached hydrogens (tertiary/aromatic N) is 3. The van der Waals surface area contributed by atoms with Crippen molar-refractivity contribution in [3.8, 4) is 17.3 Å². The number of aromatic nitrogens is 3. The minimum Gasteiger partial charge on any atom is -0.471 e. The Labute approximate surface area is 166 Å². The predicted octanol–water partition coefficient (Wildman–Crippen LogP) is 1.50. The lowest BCUT2D eigenvalue weighted by Crippen LogP contribution is -2.32. The van der Waals surface area contributed by atoms with Gasteiger partial charge < -0.3 is 19.2 Å². The molecule has 4 heterocycles. The molecule has 29 heavy (non-hydrogen) atoms. The number of nitrogens with one attached hydrogen (secondary N) is 1. The molecule has 1 atom stereocenters. The molecule has 0 spiro atoms. The molecule has 3 aromatic heterocycles. The second kappa shape index (κ2) is 8.70. The van der Waals surface area contributed by atoms with Crippen molar-refractivity contribution in [1.82, 2.24) is 20.1 Å². The van der Waals surface area contributed by atoms with E-state index in [9.17, 15) is 9.59 Å². The molecule has 9 nitrogen and oxygen atoms in total. The van der Waals surface area contributed by atoms with Crippen LogP contribution in [0.1, 0.15) is 16.8 Å². The van der Waals surface area contributed by atoms with Crippen LogP contribution >= 0.6 is 0 Å². The summed E-state index contributed by atoms with van der Waals surface area (Å²) in [4.78, 5) is 28.8. The van der Waals surface area contributed by atoms with Gasteiger partial charge in [0, 0.05) is 25.2 Å². The number of ether oxygens (including phenoxy) is 2. The van der Waals surface area contributed by atoms with E-state index in [4.69, 9.17) is 13.9 Å². The number of amides is 1. The van der Waals surface area contributed by atoms with E-state index in [2.05, 4.69) is 15.4 Å². The van der Waals surface area contributed by atoms with Gasteiger partial charge >= 0.3 is 0 Å². The molecular weight excluding hydrogens is 376 g/mol. The zero-order valence-electron chi connectivity index (χ0n) is 15.6. The fourth-order valence-corrected chi connectivity index (χ4v) is 2.96. The van der Waals surface area contributed by atoms with Crippen molar-refractivity contribution in [2.75, 3.05) is 19.8 Å². The van der Waals surface area contributed by atoms with E-state index in [0.717, 1.165) is 6.42 Å². The van der Waals surface area contributed by atoms with Crippen LogP contribution in [0.15, 0.2) is 58.1 Å². The number of hydrogen-bond donors (Lipinski definition) is 1. The summed E-state index contributed by atoms with van der Waals surface area (Å²) in [5.41, 5.74) is 0.618. The summed E-state index contributed by atoms with van der Waals surface area (Å²) in [6, 6.07) is 9.85.